The van der Waals surface area contributed by atoms with Crippen LogP contribution in [0.1, 0.15) is 139 Å². The molecule has 2 rings (SSSR count). The number of hydrogen-bond donors (Lipinski definition) is 1. The van der Waals surface area contributed by atoms with Gasteiger partial charge in [0.2, 0.25) is 5.91 Å². The fourth-order valence-corrected chi connectivity index (χ4v) is 4.86. The number of unbranched alkanes of at least 4 members (excludes halogenated alkanes) is 14. The number of amides is 1. The van der Waals surface area contributed by atoms with Gasteiger partial charge < -0.3 is 14.2 Å². The first-order valence-corrected chi connectivity index (χ1v) is 16.6. The van der Waals surface area contributed by atoms with Crippen molar-refractivity contribution in [1.82, 2.24) is 5.43 Å². The lowest BCUT2D eigenvalue weighted by atomic mass is 10.0. The molecule has 0 spiro atoms. The lowest BCUT2D eigenvalue weighted by Crippen LogP contribution is -2.16. The van der Waals surface area contributed by atoms with Crippen LogP contribution in [0, 0.1) is 0 Å². The molecule has 1 N–H and O–H groups in total. The Morgan fingerprint density at radius 3 is 1.79 bits per heavy atom. The van der Waals surface area contributed by atoms with Crippen molar-refractivity contribution in [2.24, 2.45) is 5.10 Å². The molecule has 0 aliphatic carbocycles. The number of carbonyl (C=O) groups excluding carboxylic acids is 2. The normalized spacial score (nSPS) is 11.0. The Labute approximate surface area is 259 Å². The quantitative estimate of drug-likeness (QED) is 0.0430. The van der Waals surface area contributed by atoms with E-state index in [-0.39, 0.29) is 5.91 Å². The maximum absolute atomic E-state index is 12.6. The molecule has 0 radical (unpaired) electrons. The summed E-state index contributed by atoms with van der Waals surface area (Å²) in [4.78, 5) is 24.8. The van der Waals surface area contributed by atoms with Crippen molar-refractivity contribution in [2.75, 3.05) is 13.2 Å². The molecule has 7 heteroatoms. The first-order chi connectivity index (χ1) is 21.1. The van der Waals surface area contributed by atoms with Crippen LogP contribution in [0.2, 0.25) is 0 Å². The highest BCUT2D eigenvalue weighted by Gasteiger charge is 2.13. The van der Waals surface area contributed by atoms with E-state index in [1.807, 2.05) is 13.8 Å². The van der Waals surface area contributed by atoms with Crippen molar-refractivity contribution >= 4 is 18.1 Å². The predicted octanol–water partition coefficient (Wildman–Crippen LogP) is 9.41. The van der Waals surface area contributed by atoms with E-state index in [1.54, 1.807) is 48.7 Å². The Bertz CT molecular complexity index is 1070. The minimum Gasteiger partial charge on any atom is -0.494 e. The highest BCUT2D eigenvalue weighted by Crippen LogP contribution is 2.29. The van der Waals surface area contributed by atoms with Crippen LogP contribution >= 0.6 is 0 Å². The van der Waals surface area contributed by atoms with Crippen molar-refractivity contribution in [2.45, 2.75) is 124 Å². The van der Waals surface area contributed by atoms with Crippen LogP contribution in [0.5, 0.6) is 17.2 Å². The predicted molar refractivity (Wildman–Crippen MR) is 175 cm³/mol. The third-order valence-corrected chi connectivity index (χ3v) is 7.28. The zero-order valence-corrected chi connectivity index (χ0v) is 26.8. The lowest BCUT2D eigenvalue weighted by molar-refractivity contribution is -0.121. The first-order valence-electron chi connectivity index (χ1n) is 16.6. The van der Waals surface area contributed by atoms with Gasteiger partial charge in [-0.3, -0.25) is 4.79 Å². The molecule has 0 aliphatic heterocycles. The number of benzene rings is 2. The molecule has 0 atom stereocenters. The van der Waals surface area contributed by atoms with Gasteiger partial charge in [0, 0.05) is 6.42 Å². The summed E-state index contributed by atoms with van der Waals surface area (Å²) in [6.45, 7) is 6.99. The molecule has 0 heterocycles. The monoisotopic (exact) mass is 594 g/mol. The molecule has 0 aromatic heterocycles. The van der Waals surface area contributed by atoms with E-state index < -0.39 is 5.97 Å². The summed E-state index contributed by atoms with van der Waals surface area (Å²) in [6, 6.07) is 11.9. The number of hydrazone groups is 1. The number of ether oxygens (including phenoxy) is 3. The number of carbonyl (C=O) groups is 2. The average Bonchev–Trinajstić information content (AvgIpc) is 3.01. The van der Waals surface area contributed by atoms with Crippen LogP contribution < -0.4 is 19.6 Å². The van der Waals surface area contributed by atoms with Crippen LogP contribution in [0.25, 0.3) is 0 Å². The van der Waals surface area contributed by atoms with Gasteiger partial charge in [0.15, 0.2) is 11.5 Å². The molecule has 2 aromatic rings. The summed E-state index contributed by atoms with van der Waals surface area (Å²) in [7, 11) is 0. The Balaban J connectivity index is 1.61. The van der Waals surface area contributed by atoms with E-state index >= 15 is 0 Å². The number of rotatable bonds is 24. The number of hydrogen-bond acceptors (Lipinski definition) is 6. The first kappa shape index (κ1) is 35.8. The Morgan fingerprint density at radius 1 is 0.674 bits per heavy atom. The highest BCUT2D eigenvalue weighted by atomic mass is 16.6. The fraction of sp³-hybridized carbons (Fsp3) is 0.583. The zero-order valence-electron chi connectivity index (χ0n) is 26.8. The van der Waals surface area contributed by atoms with Gasteiger partial charge in [-0.1, -0.05) is 96.8 Å². The van der Waals surface area contributed by atoms with Crippen molar-refractivity contribution < 1.29 is 23.8 Å². The van der Waals surface area contributed by atoms with Gasteiger partial charge in [-0.2, -0.15) is 5.10 Å². The van der Waals surface area contributed by atoms with E-state index in [1.165, 1.54) is 83.5 Å². The van der Waals surface area contributed by atoms with Gasteiger partial charge in [0.1, 0.15) is 5.75 Å². The van der Waals surface area contributed by atoms with E-state index in [0.717, 1.165) is 18.4 Å². The molecule has 0 saturated heterocycles. The van der Waals surface area contributed by atoms with Crippen LogP contribution in [-0.4, -0.2) is 31.3 Å². The zero-order chi connectivity index (χ0) is 31.0. The lowest BCUT2D eigenvalue weighted by Gasteiger charge is -2.11. The average molecular weight is 595 g/mol. The standard InChI is InChI=1S/C36H54N2O5/c1-4-7-8-9-10-11-12-13-14-15-16-17-18-19-20-21-35(39)38-37-29-30-22-27-33(34(28-30)42-6-3)43-36(40)31-23-25-32(26-24-31)41-5-2/h22-29H,4-21H2,1-3H3,(H,38,39)/b37-29-. The Kier molecular flexibility index (Phi) is 19.3. The summed E-state index contributed by atoms with van der Waals surface area (Å²) in [5.74, 6) is 0.859. The van der Waals surface area contributed by atoms with Crippen molar-refractivity contribution in [3.63, 3.8) is 0 Å². The SMILES string of the molecule is CCCCCCCCCCCCCCCCCC(=O)N/N=C\c1ccc(OC(=O)c2ccc(OCC)cc2)c(OCC)c1. The molecular weight excluding hydrogens is 540 g/mol. The molecule has 0 aliphatic rings. The van der Waals surface area contributed by atoms with E-state index in [2.05, 4.69) is 17.5 Å². The van der Waals surface area contributed by atoms with Crippen LogP contribution in [0.4, 0.5) is 0 Å². The second-order valence-corrected chi connectivity index (χ2v) is 11.0. The van der Waals surface area contributed by atoms with Crippen molar-refractivity contribution in [1.29, 1.82) is 0 Å². The molecule has 238 valence electrons. The summed E-state index contributed by atoms with van der Waals surface area (Å²) >= 11 is 0. The molecule has 1 amide bonds. The maximum atomic E-state index is 12.6. The summed E-state index contributed by atoms with van der Waals surface area (Å²) < 4.78 is 16.7. The number of nitrogens with zero attached hydrogens (tertiary/aromatic N) is 1. The van der Waals surface area contributed by atoms with E-state index in [9.17, 15) is 9.59 Å². The van der Waals surface area contributed by atoms with Crippen LogP contribution in [0.3, 0.4) is 0 Å². The molecule has 2 aromatic carbocycles. The fourth-order valence-electron chi connectivity index (χ4n) is 4.86. The molecular formula is C36H54N2O5. The summed E-state index contributed by atoms with van der Waals surface area (Å²) in [5, 5.41) is 4.09. The third-order valence-electron chi connectivity index (χ3n) is 7.28. The smallest absolute Gasteiger partial charge is 0.343 e. The van der Waals surface area contributed by atoms with E-state index in [4.69, 9.17) is 14.2 Å². The molecule has 0 saturated carbocycles. The Hall–Kier alpha value is -3.35. The molecule has 43 heavy (non-hydrogen) atoms. The second-order valence-electron chi connectivity index (χ2n) is 11.0. The van der Waals surface area contributed by atoms with Crippen molar-refractivity contribution in [3.8, 4) is 17.2 Å². The summed E-state index contributed by atoms with van der Waals surface area (Å²) in [6.07, 6.45) is 21.5. The second kappa shape index (κ2) is 23.1. The van der Waals surface area contributed by atoms with Crippen LogP contribution in [0.15, 0.2) is 47.6 Å². The van der Waals surface area contributed by atoms with Gasteiger partial charge in [-0.05, 0) is 68.3 Å². The minimum atomic E-state index is -0.489. The van der Waals surface area contributed by atoms with Crippen molar-refractivity contribution in [3.05, 3.63) is 53.6 Å². The summed E-state index contributed by atoms with van der Waals surface area (Å²) in [5.41, 5.74) is 3.74. The molecule has 0 bridgehead atoms. The van der Waals surface area contributed by atoms with E-state index in [0.29, 0.717) is 42.4 Å². The molecule has 7 nitrogen and oxygen atoms in total. The minimum absolute atomic E-state index is 0.0862. The van der Waals surface area contributed by atoms with Gasteiger partial charge >= 0.3 is 5.97 Å². The third kappa shape index (κ3) is 16.2. The molecule has 0 unspecified atom stereocenters. The van der Waals surface area contributed by atoms with Gasteiger partial charge in [-0.15, -0.1) is 0 Å². The number of esters is 1. The van der Waals surface area contributed by atoms with Gasteiger partial charge in [0.25, 0.3) is 0 Å². The maximum Gasteiger partial charge on any atom is 0.343 e. The largest absolute Gasteiger partial charge is 0.494 e. The van der Waals surface area contributed by atoms with Gasteiger partial charge in [-0.25, -0.2) is 10.2 Å². The molecule has 0 fully saturated rings. The highest BCUT2D eigenvalue weighted by molar-refractivity contribution is 5.91. The number of nitrogens with one attached hydrogen (secondary N) is 1. The Morgan fingerprint density at radius 2 is 1.23 bits per heavy atom. The van der Waals surface area contributed by atoms with Crippen LogP contribution in [-0.2, 0) is 4.79 Å². The topological polar surface area (TPSA) is 86.2 Å². The van der Waals surface area contributed by atoms with Gasteiger partial charge in [0.05, 0.1) is 25.0 Å².